The van der Waals surface area contributed by atoms with E-state index in [1.54, 1.807) is 24.3 Å². The van der Waals surface area contributed by atoms with Crippen molar-refractivity contribution in [3.8, 4) is 11.1 Å². The molecule has 1 amide bonds. The zero-order valence-electron chi connectivity index (χ0n) is 9.27. The molecular formula is C13H11FN2O. The van der Waals surface area contributed by atoms with Gasteiger partial charge in [0.2, 0.25) is 11.9 Å². The van der Waals surface area contributed by atoms with Crippen molar-refractivity contribution in [2.75, 3.05) is 0 Å². The van der Waals surface area contributed by atoms with E-state index in [1.807, 2.05) is 6.92 Å². The Bertz CT molecular complexity index is 564. The third-order valence-electron chi connectivity index (χ3n) is 2.55. The number of primary amides is 1. The maximum atomic E-state index is 13.1. The van der Waals surface area contributed by atoms with Crippen LogP contribution in [0.25, 0.3) is 11.1 Å². The number of nitrogens with zero attached hydrogens (tertiary/aromatic N) is 1. The third kappa shape index (κ3) is 2.30. The van der Waals surface area contributed by atoms with Crippen LogP contribution >= 0.6 is 0 Å². The van der Waals surface area contributed by atoms with Crippen LogP contribution in [-0.4, -0.2) is 10.9 Å². The van der Waals surface area contributed by atoms with Gasteiger partial charge in [0.1, 0.15) is 0 Å². The molecule has 0 aliphatic heterocycles. The summed E-state index contributed by atoms with van der Waals surface area (Å²) in [5.74, 6) is -1.00. The first kappa shape index (κ1) is 11.3. The highest BCUT2D eigenvalue weighted by molar-refractivity contribution is 5.93. The van der Waals surface area contributed by atoms with Crippen LogP contribution in [0.15, 0.2) is 36.5 Å². The van der Waals surface area contributed by atoms with Gasteiger partial charge in [0.25, 0.3) is 0 Å². The molecule has 0 atom stereocenters. The molecule has 1 aromatic carbocycles. The summed E-state index contributed by atoms with van der Waals surface area (Å²) >= 11 is 0. The summed E-state index contributed by atoms with van der Waals surface area (Å²) in [5, 5.41) is 0. The number of aromatic nitrogens is 1. The van der Waals surface area contributed by atoms with Crippen molar-refractivity contribution >= 4 is 5.91 Å². The lowest BCUT2D eigenvalue weighted by Gasteiger charge is -2.06. The fraction of sp³-hybridized carbons (Fsp3) is 0.0769. The van der Waals surface area contributed by atoms with E-state index in [-0.39, 0.29) is 0 Å². The molecule has 0 fully saturated rings. The molecule has 0 saturated heterocycles. The highest BCUT2D eigenvalue weighted by atomic mass is 19.1. The first-order valence-corrected chi connectivity index (χ1v) is 5.10. The maximum absolute atomic E-state index is 13.1. The van der Waals surface area contributed by atoms with E-state index < -0.39 is 11.9 Å². The minimum atomic E-state index is -0.524. The van der Waals surface area contributed by atoms with Crippen LogP contribution < -0.4 is 5.73 Å². The number of halogens is 1. The van der Waals surface area contributed by atoms with Crippen molar-refractivity contribution in [3.05, 3.63) is 53.6 Å². The van der Waals surface area contributed by atoms with Crippen LogP contribution in [0.5, 0.6) is 0 Å². The molecular weight excluding hydrogens is 219 g/mol. The summed E-state index contributed by atoms with van der Waals surface area (Å²) in [7, 11) is 0. The fourth-order valence-electron chi connectivity index (χ4n) is 1.62. The van der Waals surface area contributed by atoms with Crippen molar-refractivity contribution in [2.45, 2.75) is 6.92 Å². The first-order valence-electron chi connectivity index (χ1n) is 5.10. The molecule has 17 heavy (non-hydrogen) atoms. The molecule has 3 nitrogen and oxygen atoms in total. The van der Waals surface area contributed by atoms with Crippen molar-refractivity contribution in [1.82, 2.24) is 4.98 Å². The minimum absolute atomic E-state index is 0.431. The number of pyridine rings is 1. The average Bonchev–Trinajstić information content (AvgIpc) is 2.32. The first-order chi connectivity index (χ1) is 8.08. The van der Waals surface area contributed by atoms with E-state index in [9.17, 15) is 9.18 Å². The Morgan fingerprint density at radius 1 is 1.29 bits per heavy atom. The second kappa shape index (κ2) is 4.33. The molecule has 0 bridgehead atoms. The minimum Gasteiger partial charge on any atom is -0.366 e. The van der Waals surface area contributed by atoms with Crippen molar-refractivity contribution in [3.63, 3.8) is 0 Å². The predicted octanol–water partition coefficient (Wildman–Crippen LogP) is 2.30. The fourth-order valence-corrected chi connectivity index (χ4v) is 1.62. The van der Waals surface area contributed by atoms with Crippen LogP contribution in [0.1, 0.15) is 15.9 Å². The quantitative estimate of drug-likeness (QED) is 0.805. The highest BCUT2D eigenvalue weighted by Crippen LogP contribution is 2.23. The Morgan fingerprint density at radius 2 is 1.94 bits per heavy atom. The van der Waals surface area contributed by atoms with E-state index in [0.717, 1.165) is 16.7 Å². The van der Waals surface area contributed by atoms with E-state index in [0.29, 0.717) is 5.56 Å². The number of hydrogen-bond donors (Lipinski definition) is 1. The van der Waals surface area contributed by atoms with Crippen LogP contribution in [0.2, 0.25) is 0 Å². The lowest BCUT2D eigenvalue weighted by molar-refractivity contribution is 0.100. The van der Waals surface area contributed by atoms with Gasteiger partial charge in [-0.05, 0) is 35.7 Å². The summed E-state index contributed by atoms with van der Waals surface area (Å²) < 4.78 is 13.1. The number of carbonyl (C=O) groups excluding carboxylic acids is 1. The van der Waals surface area contributed by atoms with E-state index >= 15 is 0 Å². The molecule has 4 heteroatoms. The zero-order valence-corrected chi connectivity index (χ0v) is 9.27. The Morgan fingerprint density at radius 3 is 2.53 bits per heavy atom. The molecule has 86 valence electrons. The summed E-state index contributed by atoms with van der Waals surface area (Å²) in [6, 6.07) is 8.09. The molecule has 2 N–H and O–H groups in total. The Hall–Kier alpha value is -2.23. The molecule has 0 aliphatic rings. The van der Waals surface area contributed by atoms with Gasteiger partial charge in [0.05, 0.1) is 0 Å². The van der Waals surface area contributed by atoms with Crippen molar-refractivity contribution in [2.24, 2.45) is 5.73 Å². The molecule has 1 aromatic heterocycles. The number of rotatable bonds is 2. The summed E-state index contributed by atoms with van der Waals surface area (Å²) in [4.78, 5) is 14.5. The topological polar surface area (TPSA) is 56.0 Å². The number of aryl methyl sites for hydroxylation is 1. The zero-order chi connectivity index (χ0) is 12.4. The number of amides is 1. The van der Waals surface area contributed by atoms with Crippen molar-refractivity contribution < 1.29 is 9.18 Å². The van der Waals surface area contributed by atoms with Gasteiger partial charge in [-0.25, -0.2) is 4.98 Å². The standard InChI is InChI=1S/C13H11FN2O/c1-8-7-16-12(14)6-11(8)9-2-4-10(5-3-9)13(15)17/h2-7H,1H3,(H2,15,17). The lowest BCUT2D eigenvalue weighted by atomic mass is 10.0. The van der Waals surface area contributed by atoms with E-state index in [4.69, 9.17) is 5.73 Å². The van der Waals surface area contributed by atoms with Gasteiger partial charge in [-0.3, -0.25) is 4.79 Å². The number of carbonyl (C=O) groups is 1. The van der Waals surface area contributed by atoms with Gasteiger partial charge in [-0.1, -0.05) is 12.1 Å². The normalized spacial score (nSPS) is 10.2. The largest absolute Gasteiger partial charge is 0.366 e. The van der Waals surface area contributed by atoms with Crippen LogP contribution in [0, 0.1) is 12.9 Å². The van der Waals surface area contributed by atoms with E-state index in [2.05, 4.69) is 4.98 Å². The van der Waals surface area contributed by atoms with Gasteiger partial charge in [-0.2, -0.15) is 4.39 Å². The second-order valence-corrected chi connectivity index (χ2v) is 3.76. The van der Waals surface area contributed by atoms with Crippen LogP contribution in [0.3, 0.4) is 0 Å². The average molecular weight is 230 g/mol. The van der Waals surface area contributed by atoms with Crippen LogP contribution in [0.4, 0.5) is 4.39 Å². The number of nitrogens with two attached hydrogens (primary N) is 1. The van der Waals surface area contributed by atoms with Gasteiger partial charge in [-0.15, -0.1) is 0 Å². The molecule has 2 aromatic rings. The lowest BCUT2D eigenvalue weighted by Crippen LogP contribution is -2.10. The number of benzene rings is 1. The molecule has 0 saturated carbocycles. The number of hydrogen-bond acceptors (Lipinski definition) is 2. The molecule has 1 heterocycles. The Labute approximate surface area is 98.1 Å². The highest BCUT2D eigenvalue weighted by Gasteiger charge is 2.05. The van der Waals surface area contributed by atoms with Gasteiger partial charge < -0.3 is 5.73 Å². The van der Waals surface area contributed by atoms with E-state index in [1.165, 1.54) is 12.3 Å². The SMILES string of the molecule is Cc1cnc(F)cc1-c1ccc(C(N)=O)cc1. The molecule has 0 aliphatic carbocycles. The monoisotopic (exact) mass is 230 g/mol. The third-order valence-corrected chi connectivity index (χ3v) is 2.55. The molecule has 0 spiro atoms. The molecule has 0 unspecified atom stereocenters. The molecule has 2 rings (SSSR count). The second-order valence-electron chi connectivity index (χ2n) is 3.76. The Kier molecular flexibility index (Phi) is 2.87. The van der Waals surface area contributed by atoms with Gasteiger partial charge >= 0.3 is 0 Å². The maximum Gasteiger partial charge on any atom is 0.248 e. The van der Waals surface area contributed by atoms with Crippen LogP contribution in [-0.2, 0) is 0 Å². The van der Waals surface area contributed by atoms with Gasteiger partial charge in [0, 0.05) is 17.8 Å². The smallest absolute Gasteiger partial charge is 0.248 e. The van der Waals surface area contributed by atoms with Gasteiger partial charge in [0.15, 0.2) is 0 Å². The summed E-state index contributed by atoms with van der Waals surface area (Å²) in [6.07, 6.45) is 1.48. The van der Waals surface area contributed by atoms with Crippen molar-refractivity contribution in [1.29, 1.82) is 0 Å². The Balaban J connectivity index is 2.46. The summed E-state index contributed by atoms with van der Waals surface area (Å²) in [6.45, 7) is 1.85. The summed E-state index contributed by atoms with van der Waals surface area (Å²) in [5.41, 5.74) is 8.04. The predicted molar refractivity (Wildman–Crippen MR) is 62.9 cm³/mol. The molecule has 0 radical (unpaired) electrons.